The van der Waals surface area contributed by atoms with E-state index in [-0.39, 0.29) is 12.4 Å². The molecule has 0 fully saturated rings. The lowest BCUT2D eigenvalue weighted by Gasteiger charge is -2.30. The predicted molar refractivity (Wildman–Crippen MR) is 91.2 cm³/mol. The Kier molecular flexibility index (Phi) is 7.75. The van der Waals surface area contributed by atoms with Gasteiger partial charge < -0.3 is 25.3 Å². The SMILES string of the molecule is CCOC(=O)/C(N)=C(/NC)N(C(=O)OC(C)(C)C)C(=O)OC(C)(C)C. The average Bonchev–Trinajstić information content (AvgIpc) is 2.39. The quantitative estimate of drug-likeness (QED) is 0.444. The lowest BCUT2D eigenvalue weighted by Crippen LogP contribution is -2.47. The number of rotatable bonds is 4. The van der Waals surface area contributed by atoms with E-state index in [0.29, 0.717) is 4.90 Å². The maximum Gasteiger partial charge on any atom is 0.425 e. The Labute approximate surface area is 148 Å². The molecule has 0 saturated heterocycles. The maximum absolute atomic E-state index is 12.5. The van der Waals surface area contributed by atoms with Crippen molar-refractivity contribution in [2.45, 2.75) is 59.7 Å². The van der Waals surface area contributed by atoms with Crippen molar-refractivity contribution < 1.29 is 28.6 Å². The number of hydrogen-bond donors (Lipinski definition) is 2. The molecule has 0 rings (SSSR count). The monoisotopic (exact) mass is 359 g/mol. The van der Waals surface area contributed by atoms with Crippen LogP contribution in [0.15, 0.2) is 11.5 Å². The van der Waals surface area contributed by atoms with Crippen molar-refractivity contribution in [2.75, 3.05) is 13.7 Å². The summed E-state index contributed by atoms with van der Waals surface area (Å²) >= 11 is 0. The summed E-state index contributed by atoms with van der Waals surface area (Å²) in [6.07, 6.45) is -2.09. The van der Waals surface area contributed by atoms with Crippen molar-refractivity contribution in [1.82, 2.24) is 10.2 Å². The highest BCUT2D eigenvalue weighted by molar-refractivity contribution is 5.94. The van der Waals surface area contributed by atoms with Crippen LogP contribution in [0.3, 0.4) is 0 Å². The lowest BCUT2D eigenvalue weighted by molar-refractivity contribution is -0.138. The lowest BCUT2D eigenvalue weighted by atomic mass is 10.2. The molecule has 0 aromatic rings. The summed E-state index contributed by atoms with van der Waals surface area (Å²) < 4.78 is 15.2. The third kappa shape index (κ3) is 7.77. The van der Waals surface area contributed by atoms with Gasteiger partial charge in [0.05, 0.1) is 6.61 Å². The van der Waals surface area contributed by atoms with Gasteiger partial charge in [0.1, 0.15) is 11.2 Å². The Balaban J connectivity index is 5.99. The van der Waals surface area contributed by atoms with Gasteiger partial charge in [0.15, 0.2) is 11.5 Å². The molecule has 0 spiro atoms. The van der Waals surface area contributed by atoms with Crippen LogP contribution in [0.25, 0.3) is 0 Å². The van der Waals surface area contributed by atoms with Gasteiger partial charge in [-0.2, -0.15) is 4.90 Å². The van der Waals surface area contributed by atoms with Crippen LogP contribution in [-0.4, -0.2) is 47.9 Å². The van der Waals surface area contributed by atoms with E-state index in [1.54, 1.807) is 48.5 Å². The highest BCUT2D eigenvalue weighted by atomic mass is 16.6. The number of nitrogens with one attached hydrogen (secondary N) is 1. The molecule has 0 atom stereocenters. The zero-order valence-corrected chi connectivity index (χ0v) is 16.2. The molecule has 0 aromatic carbocycles. The van der Waals surface area contributed by atoms with Crippen molar-refractivity contribution in [3.8, 4) is 0 Å². The molecule has 2 amide bonds. The first-order chi connectivity index (χ1) is 11.2. The van der Waals surface area contributed by atoms with Crippen molar-refractivity contribution in [1.29, 1.82) is 0 Å². The van der Waals surface area contributed by atoms with Gasteiger partial charge in [-0.25, -0.2) is 14.4 Å². The van der Waals surface area contributed by atoms with E-state index in [4.69, 9.17) is 19.9 Å². The molecule has 0 unspecified atom stereocenters. The molecule has 0 aliphatic rings. The molecule has 9 nitrogen and oxygen atoms in total. The summed E-state index contributed by atoms with van der Waals surface area (Å²) in [6.45, 7) is 11.5. The number of nitrogens with two attached hydrogens (primary N) is 1. The number of amides is 2. The third-order valence-corrected chi connectivity index (χ3v) is 2.36. The maximum atomic E-state index is 12.5. The minimum absolute atomic E-state index is 0.0788. The molecule has 0 aliphatic heterocycles. The highest BCUT2D eigenvalue weighted by Crippen LogP contribution is 2.18. The largest absolute Gasteiger partial charge is 0.461 e. The van der Waals surface area contributed by atoms with Crippen molar-refractivity contribution in [3.05, 3.63) is 11.5 Å². The van der Waals surface area contributed by atoms with Gasteiger partial charge in [-0.1, -0.05) is 0 Å². The van der Waals surface area contributed by atoms with E-state index in [1.165, 1.54) is 7.05 Å². The normalized spacial score (nSPS) is 12.6. The second-order valence-electron chi connectivity index (χ2n) is 7.03. The molecule has 0 radical (unpaired) electrons. The van der Waals surface area contributed by atoms with Crippen LogP contribution in [0.2, 0.25) is 0 Å². The predicted octanol–water partition coefficient (Wildman–Crippen LogP) is 2.07. The molecular weight excluding hydrogens is 330 g/mol. The fourth-order valence-electron chi connectivity index (χ4n) is 1.54. The summed E-state index contributed by atoms with van der Waals surface area (Å²) in [6, 6.07) is 0. The summed E-state index contributed by atoms with van der Waals surface area (Å²) in [4.78, 5) is 37.4. The zero-order chi connectivity index (χ0) is 20.0. The fourth-order valence-corrected chi connectivity index (χ4v) is 1.54. The van der Waals surface area contributed by atoms with Crippen molar-refractivity contribution in [2.24, 2.45) is 5.73 Å². The number of imide groups is 1. The van der Waals surface area contributed by atoms with Crippen molar-refractivity contribution >= 4 is 18.2 Å². The van der Waals surface area contributed by atoms with Gasteiger partial charge in [-0.3, -0.25) is 0 Å². The summed E-state index contributed by atoms with van der Waals surface area (Å²) in [5.74, 6) is -1.18. The average molecular weight is 359 g/mol. The van der Waals surface area contributed by atoms with E-state index in [9.17, 15) is 14.4 Å². The first-order valence-electron chi connectivity index (χ1n) is 7.84. The molecular formula is C16H29N3O6. The Morgan fingerprint density at radius 1 is 0.960 bits per heavy atom. The second kappa shape index (κ2) is 8.59. The molecule has 3 N–H and O–H groups in total. The van der Waals surface area contributed by atoms with E-state index in [0.717, 1.165) is 0 Å². The zero-order valence-electron chi connectivity index (χ0n) is 16.2. The van der Waals surface area contributed by atoms with Crippen LogP contribution in [0.1, 0.15) is 48.5 Å². The molecule has 144 valence electrons. The smallest absolute Gasteiger partial charge is 0.425 e. The van der Waals surface area contributed by atoms with E-state index in [2.05, 4.69) is 5.32 Å². The molecule has 0 bridgehead atoms. The topological polar surface area (TPSA) is 120 Å². The van der Waals surface area contributed by atoms with Gasteiger partial charge in [0.25, 0.3) is 0 Å². The first kappa shape index (κ1) is 22.6. The Bertz CT molecular complexity index is 515. The second-order valence-corrected chi connectivity index (χ2v) is 7.03. The minimum Gasteiger partial charge on any atom is -0.461 e. The first-order valence-corrected chi connectivity index (χ1v) is 7.84. The number of hydrogen-bond acceptors (Lipinski definition) is 8. The molecule has 0 heterocycles. The number of ether oxygens (including phenoxy) is 3. The summed E-state index contributed by atoms with van der Waals surface area (Å²) in [5, 5.41) is 2.55. The van der Waals surface area contributed by atoms with Crippen LogP contribution < -0.4 is 11.1 Å². The molecule has 0 saturated carbocycles. The van der Waals surface area contributed by atoms with Crippen LogP contribution in [0, 0.1) is 0 Å². The van der Waals surface area contributed by atoms with Crippen LogP contribution >= 0.6 is 0 Å². The van der Waals surface area contributed by atoms with Gasteiger partial charge >= 0.3 is 18.2 Å². The molecule has 25 heavy (non-hydrogen) atoms. The third-order valence-electron chi connectivity index (χ3n) is 2.36. The molecule has 0 aliphatic carbocycles. The Hall–Kier alpha value is -2.45. The number of esters is 1. The Morgan fingerprint density at radius 2 is 1.36 bits per heavy atom. The van der Waals surface area contributed by atoms with Gasteiger partial charge in [-0.05, 0) is 48.5 Å². The van der Waals surface area contributed by atoms with Gasteiger partial charge in [0, 0.05) is 7.05 Å². The highest BCUT2D eigenvalue weighted by Gasteiger charge is 2.36. The summed E-state index contributed by atoms with van der Waals surface area (Å²) in [5.41, 5.74) is 3.53. The van der Waals surface area contributed by atoms with Crippen LogP contribution in [-0.2, 0) is 19.0 Å². The number of carbonyl (C=O) groups excluding carboxylic acids is 3. The van der Waals surface area contributed by atoms with Gasteiger partial charge in [0.2, 0.25) is 0 Å². The summed E-state index contributed by atoms with van der Waals surface area (Å²) in [7, 11) is 1.39. The van der Waals surface area contributed by atoms with Crippen LogP contribution in [0.5, 0.6) is 0 Å². The van der Waals surface area contributed by atoms with Crippen molar-refractivity contribution in [3.63, 3.8) is 0 Å². The van der Waals surface area contributed by atoms with E-state index < -0.39 is 35.1 Å². The minimum atomic E-state index is -1.04. The van der Waals surface area contributed by atoms with E-state index >= 15 is 0 Å². The van der Waals surface area contributed by atoms with Gasteiger partial charge in [-0.15, -0.1) is 0 Å². The standard InChI is InChI=1S/C16H29N3O6/c1-9-23-12(20)10(17)11(18-8)19(13(21)24-15(2,3)4)14(22)25-16(5,6)7/h18H,9,17H2,1-8H3/b11-10+. The number of carbonyl (C=O) groups is 3. The molecule has 9 heteroatoms. The van der Waals surface area contributed by atoms with Crippen LogP contribution in [0.4, 0.5) is 9.59 Å². The molecule has 0 aromatic heterocycles. The Morgan fingerprint density at radius 3 is 1.64 bits per heavy atom. The number of nitrogens with zero attached hydrogens (tertiary/aromatic N) is 1. The van der Waals surface area contributed by atoms with E-state index in [1.807, 2.05) is 0 Å². The fraction of sp³-hybridized carbons (Fsp3) is 0.688.